The van der Waals surface area contributed by atoms with Crippen molar-refractivity contribution in [1.29, 1.82) is 0 Å². The predicted molar refractivity (Wildman–Crippen MR) is 102 cm³/mol. The van der Waals surface area contributed by atoms with Crippen LogP contribution in [-0.2, 0) is 0 Å². The standard InChI is InChI=1S/C23H15N/c1-3-9-18-17(8-1)15-21(20-11-5-4-10-19(18)20)23-14-13-16-7-2-6-12-22(16)24-23/h1-15H. The van der Waals surface area contributed by atoms with Crippen LogP contribution in [0.15, 0.2) is 91.0 Å². The molecule has 0 aliphatic heterocycles. The fourth-order valence-corrected chi connectivity index (χ4v) is 3.48. The van der Waals surface area contributed by atoms with Gasteiger partial charge in [0.15, 0.2) is 0 Å². The molecule has 4 aromatic carbocycles. The molecular weight excluding hydrogens is 290 g/mol. The number of rotatable bonds is 1. The minimum absolute atomic E-state index is 1.02. The van der Waals surface area contributed by atoms with Gasteiger partial charge in [-0.1, -0.05) is 72.8 Å². The number of aromatic nitrogens is 1. The molecule has 0 aliphatic carbocycles. The predicted octanol–water partition coefficient (Wildman–Crippen LogP) is 6.21. The zero-order chi connectivity index (χ0) is 15.9. The topological polar surface area (TPSA) is 12.9 Å². The summed E-state index contributed by atoms with van der Waals surface area (Å²) in [5.41, 5.74) is 3.25. The lowest BCUT2D eigenvalue weighted by atomic mass is 9.95. The summed E-state index contributed by atoms with van der Waals surface area (Å²) in [5, 5.41) is 6.24. The van der Waals surface area contributed by atoms with Gasteiger partial charge in [-0.2, -0.15) is 0 Å². The third-order valence-corrected chi connectivity index (χ3v) is 4.64. The van der Waals surface area contributed by atoms with Crippen LogP contribution in [0.5, 0.6) is 0 Å². The fourth-order valence-electron chi connectivity index (χ4n) is 3.48. The van der Waals surface area contributed by atoms with E-state index in [1.54, 1.807) is 0 Å². The van der Waals surface area contributed by atoms with E-state index in [-0.39, 0.29) is 0 Å². The molecule has 1 heteroatoms. The smallest absolute Gasteiger partial charge is 0.0716 e. The zero-order valence-electron chi connectivity index (χ0n) is 13.1. The molecule has 0 bridgehead atoms. The average molecular weight is 305 g/mol. The molecule has 0 fully saturated rings. The van der Waals surface area contributed by atoms with E-state index in [9.17, 15) is 0 Å². The van der Waals surface area contributed by atoms with Crippen LogP contribution in [0.25, 0.3) is 43.7 Å². The molecule has 0 saturated heterocycles. The number of hydrogen-bond donors (Lipinski definition) is 0. The maximum Gasteiger partial charge on any atom is 0.0716 e. The molecule has 0 aliphatic rings. The Bertz CT molecular complexity index is 1200. The van der Waals surface area contributed by atoms with Gasteiger partial charge in [-0.05, 0) is 39.7 Å². The van der Waals surface area contributed by atoms with Gasteiger partial charge < -0.3 is 0 Å². The van der Waals surface area contributed by atoms with Gasteiger partial charge in [-0.25, -0.2) is 4.98 Å². The van der Waals surface area contributed by atoms with Crippen LogP contribution in [0.1, 0.15) is 0 Å². The monoisotopic (exact) mass is 305 g/mol. The summed E-state index contributed by atoms with van der Waals surface area (Å²) in [4.78, 5) is 4.90. The van der Waals surface area contributed by atoms with Crippen molar-refractivity contribution >= 4 is 32.4 Å². The molecular formula is C23H15N. The SMILES string of the molecule is c1ccc2nc(-c3cc4ccccc4c4ccccc34)ccc2c1. The van der Waals surface area contributed by atoms with E-state index in [2.05, 4.69) is 84.9 Å². The summed E-state index contributed by atoms with van der Waals surface area (Å²) in [7, 11) is 0. The quantitative estimate of drug-likeness (QED) is 0.336. The Balaban J connectivity index is 1.89. The first-order valence-electron chi connectivity index (χ1n) is 8.17. The molecule has 0 radical (unpaired) electrons. The van der Waals surface area contributed by atoms with Crippen molar-refractivity contribution in [2.75, 3.05) is 0 Å². The molecule has 1 aromatic heterocycles. The highest BCUT2D eigenvalue weighted by Crippen LogP contribution is 2.34. The van der Waals surface area contributed by atoms with Crippen LogP contribution in [0, 0.1) is 0 Å². The number of benzene rings is 4. The maximum atomic E-state index is 4.90. The second-order valence-electron chi connectivity index (χ2n) is 6.08. The molecule has 1 nitrogen and oxygen atoms in total. The molecule has 24 heavy (non-hydrogen) atoms. The van der Waals surface area contributed by atoms with E-state index in [0.717, 1.165) is 11.2 Å². The number of hydrogen-bond acceptors (Lipinski definition) is 1. The Morgan fingerprint density at radius 1 is 0.500 bits per heavy atom. The third-order valence-electron chi connectivity index (χ3n) is 4.64. The normalized spacial score (nSPS) is 11.3. The largest absolute Gasteiger partial charge is 0.248 e. The van der Waals surface area contributed by atoms with Gasteiger partial charge in [0.25, 0.3) is 0 Å². The number of pyridine rings is 1. The van der Waals surface area contributed by atoms with Crippen molar-refractivity contribution in [3.8, 4) is 11.3 Å². The molecule has 0 saturated carbocycles. The van der Waals surface area contributed by atoms with Crippen LogP contribution in [0.2, 0.25) is 0 Å². The highest BCUT2D eigenvalue weighted by atomic mass is 14.7. The van der Waals surface area contributed by atoms with Crippen LogP contribution in [-0.4, -0.2) is 4.98 Å². The summed E-state index contributed by atoms with van der Waals surface area (Å²) in [6, 6.07) is 31.9. The first kappa shape index (κ1) is 13.3. The maximum absolute atomic E-state index is 4.90. The summed E-state index contributed by atoms with van der Waals surface area (Å²) >= 11 is 0. The van der Waals surface area contributed by atoms with Crippen molar-refractivity contribution in [2.24, 2.45) is 0 Å². The fraction of sp³-hybridized carbons (Fsp3) is 0. The highest BCUT2D eigenvalue weighted by molar-refractivity contribution is 6.13. The lowest BCUT2D eigenvalue weighted by Gasteiger charge is -2.11. The molecule has 5 rings (SSSR count). The van der Waals surface area contributed by atoms with Gasteiger partial charge in [0.2, 0.25) is 0 Å². The van der Waals surface area contributed by atoms with Gasteiger partial charge in [0, 0.05) is 10.9 Å². The molecule has 112 valence electrons. The average Bonchev–Trinajstić information content (AvgIpc) is 2.67. The van der Waals surface area contributed by atoms with Crippen LogP contribution < -0.4 is 0 Å². The number of fused-ring (bicyclic) bond motifs is 4. The van der Waals surface area contributed by atoms with Gasteiger partial charge >= 0.3 is 0 Å². The van der Waals surface area contributed by atoms with Crippen molar-refractivity contribution in [1.82, 2.24) is 4.98 Å². The molecule has 0 unspecified atom stereocenters. The van der Waals surface area contributed by atoms with Gasteiger partial charge in [0.1, 0.15) is 0 Å². The minimum atomic E-state index is 1.02. The Kier molecular flexibility index (Phi) is 2.86. The second kappa shape index (κ2) is 5.17. The van der Waals surface area contributed by atoms with Crippen molar-refractivity contribution in [3.63, 3.8) is 0 Å². The lowest BCUT2D eigenvalue weighted by molar-refractivity contribution is 1.41. The van der Waals surface area contributed by atoms with Crippen LogP contribution >= 0.6 is 0 Å². The van der Waals surface area contributed by atoms with Crippen molar-refractivity contribution in [2.45, 2.75) is 0 Å². The van der Waals surface area contributed by atoms with Gasteiger partial charge in [0.05, 0.1) is 11.2 Å². The third kappa shape index (κ3) is 1.99. The molecule has 0 N–H and O–H groups in total. The number of nitrogens with zero attached hydrogens (tertiary/aromatic N) is 1. The Morgan fingerprint density at radius 3 is 2.04 bits per heavy atom. The molecule has 0 spiro atoms. The molecule has 0 amide bonds. The second-order valence-corrected chi connectivity index (χ2v) is 6.08. The lowest BCUT2D eigenvalue weighted by Crippen LogP contribution is -1.88. The van der Waals surface area contributed by atoms with E-state index in [1.165, 1.54) is 32.5 Å². The van der Waals surface area contributed by atoms with E-state index in [4.69, 9.17) is 4.98 Å². The van der Waals surface area contributed by atoms with Gasteiger partial charge in [-0.3, -0.25) is 0 Å². The highest BCUT2D eigenvalue weighted by Gasteiger charge is 2.09. The summed E-state index contributed by atoms with van der Waals surface area (Å²) in [6.07, 6.45) is 0. The van der Waals surface area contributed by atoms with Crippen molar-refractivity contribution in [3.05, 3.63) is 91.0 Å². The molecule has 1 heterocycles. The van der Waals surface area contributed by atoms with Crippen LogP contribution in [0.4, 0.5) is 0 Å². The van der Waals surface area contributed by atoms with E-state index in [0.29, 0.717) is 0 Å². The molecule has 5 aromatic rings. The Morgan fingerprint density at radius 2 is 1.17 bits per heavy atom. The van der Waals surface area contributed by atoms with Gasteiger partial charge in [-0.15, -0.1) is 0 Å². The zero-order valence-corrected chi connectivity index (χ0v) is 13.1. The van der Waals surface area contributed by atoms with E-state index >= 15 is 0 Å². The van der Waals surface area contributed by atoms with Crippen molar-refractivity contribution < 1.29 is 0 Å². The van der Waals surface area contributed by atoms with E-state index in [1.807, 2.05) is 6.07 Å². The summed E-state index contributed by atoms with van der Waals surface area (Å²) in [5.74, 6) is 0. The Hall–Kier alpha value is -3.19. The summed E-state index contributed by atoms with van der Waals surface area (Å²) < 4.78 is 0. The molecule has 0 atom stereocenters. The minimum Gasteiger partial charge on any atom is -0.248 e. The summed E-state index contributed by atoms with van der Waals surface area (Å²) in [6.45, 7) is 0. The first-order valence-corrected chi connectivity index (χ1v) is 8.17. The first-order chi connectivity index (χ1) is 11.9. The Labute approximate surface area is 140 Å². The van der Waals surface area contributed by atoms with Crippen LogP contribution in [0.3, 0.4) is 0 Å². The van der Waals surface area contributed by atoms with E-state index < -0.39 is 0 Å². The number of para-hydroxylation sites is 1.